The van der Waals surface area contributed by atoms with E-state index in [1.165, 1.54) is 12.1 Å². The maximum Gasteiger partial charge on any atom is 0.307 e. The number of nitrogens with one attached hydrogen (secondary N) is 1. The lowest BCUT2D eigenvalue weighted by atomic mass is 10.0. The van der Waals surface area contributed by atoms with Crippen molar-refractivity contribution >= 4 is 45.0 Å². The van der Waals surface area contributed by atoms with E-state index < -0.39 is 23.0 Å². The van der Waals surface area contributed by atoms with E-state index >= 15 is 0 Å². The second kappa shape index (κ2) is 7.65. The number of rotatable bonds is 4. The number of halogens is 2. The van der Waals surface area contributed by atoms with Gasteiger partial charge in [0.1, 0.15) is 10.8 Å². The van der Waals surface area contributed by atoms with Crippen LogP contribution >= 0.6 is 23.2 Å². The van der Waals surface area contributed by atoms with Crippen LogP contribution in [-0.2, 0) is 22.0 Å². The number of aliphatic carboxylic acids is 1. The van der Waals surface area contributed by atoms with Crippen molar-refractivity contribution in [1.82, 2.24) is 5.43 Å². The third kappa shape index (κ3) is 4.16. The quantitative estimate of drug-likeness (QED) is 0.733. The zero-order valence-electron chi connectivity index (χ0n) is 12.9. The van der Waals surface area contributed by atoms with Gasteiger partial charge in [0.05, 0.1) is 21.4 Å². The molecular weight excluding hydrogens is 375 g/mol. The third-order valence-corrected chi connectivity index (χ3v) is 5.58. The first-order chi connectivity index (χ1) is 11.2. The van der Waals surface area contributed by atoms with Crippen LogP contribution < -0.4 is 5.43 Å². The number of hydrogen-bond acceptors (Lipinski definition) is 5. The Morgan fingerprint density at radius 2 is 1.96 bits per heavy atom. The van der Waals surface area contributed by atoms with Crippen LogP contribution in [0, 0.1) is 5.92 Å². The predicted molar refractivity (Wildman–Crippen MR) is 93.7 cm³/mol. The van der Waals surface area contributed by atoms with Crippen molar-refractivity contribution in [1.29, 1.82) is 0 Å². The summed E-state index contributed by atoms with van der Waals surface area (Å²) in [5.41, 5.74) is 3.56. The number of carboxylic acids is 1. The van der Waals surface area contributed by atoms with Crippen molar-refractivity contribution in [2.75, 3.05) is 0 Å². The molecule has 0 saturated carbocycles. The second-order valence-corrected chi connectivity index (χ2v) is 7.69. The molecule has 9 heteroatoms. The number of aliphatic hydroxyl groups is 1. The van der Waals surface area contributed by atoms with Crippen molar-refractivity contribution in [2.45, 2.75) is 31.4 Å². The van der Waals surface area contributed by atoms with Crippen LogP contribution in [0.1, 0.15) is 19.4 Å². The highest BCUT2D eigenvalue weighted by Gasteiger charge is 2.25. The first-order valence-electron chi connectivity index (χ1n) is 7.05. The van der Waals surface area contributed by atoms with Crippen LogP contribution in [0.2, 0.25) is 10.0 Å². The van der Waals surface area contributed by atoms with Crippen LogP contribution in [0.4, 0.5) is 0 Å². The monoisotopic (exact) mass is 390 g/mol. The zero-order valence-corrected chi connectivity index (χ0v) is 15.2. The molecule has 0 aliphatic carbocycles. The molecule has 0 saturated heterocycles. The highest BCUT2D eigenvalue weighted by atomic mass is 35.5. The van der Waals surface area contributed by atoms with Gasteiger partial charge in [0, 0.05) is 0 Å². The highest BCUT2D eigenvalue weighted by molar-refractivity contribution is 8.01. The Labute approximate surface area is 151 Å². The average molecular weight is 391 g/mol. The normalized spacial score (nSPS) is 18.7. The van der Waals surface area contributed by atoms with Crippen molar-refractivity contribution in [3.8, 4) is 0 Å². The predicted octanol–water partition coefficient (Wildman–Crippen LogP) is 2.55. The minimum absolute atomic E-state index is 0.0267. The number of aliphatic hydroxyl groups excluding tert-OH is 1. The molecule has 0 spiro atoms. The molecule has 1 aromatic carbocycles. The fraction of sp³-hybridized carbons (Fsp3) is 0.333. The minimum Gasteiger partial charge on any atom is -0.481 e. The third-order valence-electron chi connectivity index (χ3n) is 3.36. The fourth-order valence-electron chi connectivity index (χ4n) is 2.20. The molecule has 24 heavy (non-hydrogen) atoms. The maximum atomic E-state index is 12.8. The molecule has 130 valence electrons. The summed E-state index contributed by atoms with van der Waals surface area (Å²) in [6.07, 6.45) is 0.382. The number of benzene rings is 1. The van der Waals surface area contributed by atoms with Gasteiger partial charge in [-0.05, 0) is 35.3 Å². The summed E-state index contributed by atoms with van der Waals surface area (Å²) in [6, 6.07) is 2.85. The van der Waals surface area contributed by atoms with Gasteiger partial charge in [0.2, 0.25) is 0 Å². The SMILES string of the molecule is CC(C)C1=CC(S(=O)c2c(Cl)cc(CC(=O)O)cc2Cl)=NNC1O. The maximum absolute atomic E-state index is 12.8. The first-order valence-corrected chi connectivity index (χ1v) is 8.95. The van der Waals surface area contributed by atoms with E-state index in [4.69, 9.17) is 28.3 Å². The van der Waals surface area contributed by atoms with Gasteiger partial charge in [-0.15, -0.1) is 0 Å². The molecule has 3 N–H and O–H groups in total. The van der Waals surface area contributed by atoms with Gasteiger partial charge >= 0.3 is 5.97 Å². The van der Waals surface area contributed by atoms with E-state index in [1.807, 2.05) is 13.8 Å². The average Bonchev–Trinajstić information content (AvgIpc) is 2.45. The number of carbonyl (C=O) groups is 1. The Bertz CT molecular complexity index is 739. The van der Waals surface area contributed by atoms with Crippen molar-refractivity contribution in [3.05, 3.63) is 39.4 Å². The molecular formula is C15H16Cl2N2O4S. The minimum atomic E-state index is -1.78. The Morgan fingerprint density at radius 1 is 1.38 bits per heavy atom. The molecule has 1 aliphatic heterocycles. The number of hydrogen-bond donors (Lipinski definition) is 3. The van der Waals surface area contributed by atoms with Crippen LogP contribution in [0.15, 0.2) is 33.8 Å². The molecule has 1 aliphatic rings. The van der Waals surface area contributed by atoms with Crippen LogP contribution in [0.25, 0.3) is 0 Å². The van der Waals surface area contributed by atoms with Crippen molar-refractivity contribution in [3.63, 3.8) is 0 Å². The van der Waals surface area contributed by atoms with E-state index in [9.17, 15) is 14.1 Å². The summed E-state index contributed by atoms with van der Waals surface area (Å²) >= 11 is 12.3. The molecule has 2 atom stereocenters. The van der Waals surface area contributed by atoms with E-state index in [-0.39, 0.29) is 32.3 Å². The topological polar surface area (TPSA) is 99.0 Å². The largest absolute Gasteiger partial charge is 0.481 e. The van der Waals surface area contributed by atoms with Gasteiger partial charge in [-0.3, -0.25) is 10.2 Å². The summed E-state index contributed by atoms with van der Waals surface area (Å²) in [5, 5.41) is 23.0. The molecule has 1 aromatic rings. The molecule has 0 bridgehead atoms. The van der Waals surface area contributed by atoms with Crippen molar-refractivity contribution < 1.29 is 19.2 Å². The van der Waals surface area contributed by atoms with Crippen molar-refractivity contribution in [2.24, 2.45) is 11.0 Å². The highest BCUT2D eigenvalue weighted by Crippen LogP contribution is 2.31. The molecule has 0 amide bonds. The van der Waals surface area contributed by atoms with Gasteiger partial charge in [-0.25, -0.2) is 4.21 Å². The van der Waals surface area contributed by atoms with E-state index in [0.717, 1.165) is 0 Å². The Balaban J connectivity index is 2.39. The van der Waals surface area contributed by atoms with Gasteiger partial charge in [-0.1, -0.05) is 37.0 Å². The van der Waals surface area contributed by atoms with E-state index in [1.54, 1.807) is 6.08 Å². The number of nitrogens with zero attached hydrogens (tertiary/aromatic N) is 1. The molecule has 0 radical (unpaired) electrons. The lowest BCUT2D eigenvalue weighted by Crippen LogP contribution is -2.34. The second-order valence-electron chi connectivity index (χ2n) is 5.51. The van der Waals surface area contributed by atoms with Crippen LogP contribution in [-0.4, -0.2) is 31.7 Å². The lowest BCUT2D eigenvalue weighted by molar-refractivity contribution is -0.136. The fourth-order valence-corrected chi connectivity index (χ4v) is 4.21. The number of carboxylic acid groups (broad SMARTS) is 1. The van der Waals surface area contributed by atoms with Gasteiger partial charge in [-0.2, -0.15) is 5.10 Å². The summed E-state index contributed by atoms with van der Waals surface area (Å²) in [6.45, 7) is 3.78. The Morgan fingerprint density at radius 3 is 2.46 bits per heavy atom. The van der Waals surface area contributed by atoms with E-state index in [2.05, 4.69) is 10.5 Å². The van der Waals surface area contributed by atoms with Crippen LogP contribution in [0.3, 0.4) is 0 Å². The lowest BCUT2D eigenvalue weighted by Gasteiger charge is -2.22. The Kier molecular flexibility index (Phi) is 6.03. The summed E-state index contributed by atoms with van der Waals surface area (Å²) < 4.78 is 12.8. The zero-order chi connectivity index (χ0) is 18.0. The van der Waals surface area contributed by atoms with E-state index in [0.29, 0.717) is 11.1 Å². The molecule has 0 fully saturated rings. The standard InChI is InChI=1S/C15H16Cl2N2O4S/c1-7(2)9-6-12(18-19-15(9)22)24(23)14-10(16)3-8(4-11(14)17)5-13(20)21/h3-4,6-7,15,19,22H,5H2,1-2H3,(H,20,21). The smallest absolute Gasteiger partial charge is 0.307 e. The van der Waals surface area contributed by atoms with Gasteiger partial charge < -0.3 is 10.2 Å². The van der Waals surface area contributed by atoms with Crippen LogP contribution in [0.5, 0.6) is 0 Å². The first kappa shape index (κ1) is 18.9. The van der Waals surface area contributed by atoms with Gasteiger partial charge in [0.15, 0.2) is 11.3 Å². The molecule has 0 aromatic heterocycles. The summed E-state index contributed by atoms with van der Waals surface area (Å²) in [5.74, 6) is -0.991. The Hall–Kier alpha value is -1.41. The molecule has 2 unspecified atom stereocenters. The molecule has 6 nitrogen and oxygen atoms in total. The number of hydrazone groups is 1. The molecule has 2 rings (SSSR count). The summed E-state index contributed by atoms with van der Waals surface area (Å²) in [4.78, 5) is 10.9. The molecule has 1 heterocycles. The summed E-state index contributed by atoms with van der Waals surface area (Å²) in [7, 11) is -1.78. The van der Waals surface area contributed by atoms with Gasteiger partial charge in [0.25, 0.3) is 0 Å².